The quantitative estimate of drug-likeness (QED) is 0.178. The fourth-order valence-corrected chi connectivity index (χ4v) is 6.09. The zero-order valence-electron chi connectivity index (χ0n) is 21.6. The first kappa shape index (κ1) is 26.8. The van der Waals surface area contributed by atoms with Crippen LogP contribution in [0.4, 0.5) is 5.69 Å². The zero-order chi connectivity index (χ0) is 26.5. The van der Waals surface area contributed by atoms with Gasteiger partial charge in [-0.25, -0.2) is 4.98 Å². The zero-order valence-corrected chi connectivity index (χ0v) is 24.6. The van der Waals surface area contributed by atoms with E-state index in [1.54, 1.807) is 18.4 Å². The fourth-order valence-electron chi connectivity index (χ4n) is 4.64. The van der Waals surface area contributed by atoms with Gasteiger partial charge >= 0.3 is 0 Å². The summed E-state index contributed by atoms with van der Waals surface area (Å²) < 4.78 is 6.28. The van der Waals surface area contributed by atoms with Crippen molar-refractivity contribution in [1.29, 1.82) is 0 Å². The number of thiazole rings is 1. The normalized spacial score (nSPS) is 14.4. The highest BCUT2D eigenvalue weighted by Gasteiger charge is 2.19. The van der Waals surface area contributed by atoms with Gasteiger partial charge in [0.25, 0.3) is 5.91 Å². The van der Waals surface area contributed by atoms with E-state index in [-0.39, 0.29) is 5.91 Å². The molecule has 0 bridgehead atoms. The summed E-state index contributed by atoms with van der Waals surface area (Å²) in [5.41, 5.74) is 6.76. The molecule has 1 aliphatic heterocycles. The minimum atomic E-state index is -0.107. The second-order valence-electron chi connectivity index (χ2n) is 9.47. The molecule has 196 valence electrons. The Morgan fingerprint density at radius 1 is 1.03 bits per heavy atom. The van der Waals surface area contributed by atoms with Gasteiger partial charge < -0.3 is 15.0 Å². The molecule has 1 aromatic heterocycles. The Bertz CT molecular complexity index is 1400. The molecule has 38 heavy (non-hydrogen) atoms. The summed E-state index contributed by atoms with van der Waals surface area (Å²) in [7, 11) is 3.81. The lowest BCUT2D eigenvalue weighted by molar-refractivity contribution is 0.102. The molecule has 0 unspecified atom stereocenters. The minimum Gasteiger partial charge on any atom is -0.497 e. The number of aromatic nitrogens is 1. The van der Waals surface area contributed by atoms with E-state index in [9.17, 15) is 4.79 Å². The number of methoxy groups -OCH3 is 1. The number of hydrogen-bond donors (Lipinski definition) is 1. The summed E-state index contributed by atoms with van der Waals surface area (Å²) in [4.78, 5) is 23.1. The van der Waals surface area contributed by atoms with Crippen LogP contribution >= 0.6 is 33.9 Å². The third-order valence-corrected chi connectivity index (χ3v) is 8.57. The van der Waals surface area contributed by atoms with E-state index in [1.165, 1.54) is 0 Å². The number of carbonyl (C=O) groups excluding carboxylic acids is 1. The van der Waals surface area contributed by atoms with Crippen LogP contribution in [0.25, 0.3) is 21.8 Å². The van der Waals surface area contributed by atoms with Crippen molar-refractivity contribution < 1.29 is 9.53 Å². The van der Waals surface area contributed by atoms with Gasteiger partial charge in [0.15, 0.2) is 0 Å². The summed E-state index contributed by atoms with van der Waals surface area (Å²) >= 11 is 4.02. The Labute approximate surface area is 241 Å². The van der Waals surface area contributed by atoms with E-state index >= 15 is 0 Å². The predicted octanol–water partition coefficient (Wildman–Crippen LogP) is 6.42. The Balaban J connectivity index is 1.35. The van der Waals surface area contributed by atoms with Gasteiger partial charge in [0, 0.05) is 64.9 Å². The molecule has 0 radical (unpaired) electrons. The molecule has 6 nitrogen and oxygen atoms in total. The lowest BCUT2D eigenvalue weighted by Crippen LogP contribution is -2.44. The number of carbonyl (C=O) groups is 1. The molecule has 1 N–H and O–H groups in total. The smallest absolute Gasteiger partial charge is 0.255 e. The van der Waals surface area contributed by atoms with Gasteiger partial charge in [-0.05, 0) is 48.5 Å². The molecule has 5 rings (SSSR count). The number of likely N-dealkylation sites (N-methyl/N-ethyl adjacent to an activating group) is 1. The van der Waals surface area contributed by atoms with Gasteiger partial charge in [-0.2, -0.15) is 0 Å². The van der Waals surface area contributed by atoms with Gasteiger partial charge in [-0.1, -0.05) is 59.0 Å². The number of hydrogen-bond acceptors (Lipinski definition) is 6. The number of ether oxygens (including phenoxy) is 1. The number of nitrogens with one attached hydrogen (secondary N) is 1. The van der Waals surface area contributed by atoms with Crippen molar-refractivity contribution in [3.05, 3.63) is 88.8 Å². The number of anilines is 1. The molecule has 0 spiro atoms. The maximum Gasteiger partial charge on any atom is 0.255 e. The van der Waals surface area contributed by atoms with Crippen LogP contribution in [0.3, 0.4) is 0 Å². The van der Waals surface area contributed by atoms with Crippen LogP contribution in [-0.2, 0) is 11.0 Å². The SMILES string of the molecule is COc1ccc(C(=O)Nc2ccc(-c3csc(-c4ccccc4)n3)c(CI)c2)c(CN2CCN(C)CC2)c1. The van der Waals surface area contributed by atoms with Gasteiger partial charge in [0.1, 0.15) is 10.8 Å². The average molecular weight is 639 g/mol. The standard InChI is InChI=1S/C30H31IN4O2S/c1-34-12-14-35(15-13-34)19-23-17-25(37-2)9-11-27(23)29(36)32-24-8-10-26(22(16-24)18-31)28-20-38-30(33-28)21-6-4-3-5-7-21/h3-11,16-17,20H,12-15,18-19H2,1-2H3,(H,32,36). The van der Waals surface area contributed by atoms with Crippen molar-refractivity contribution in [1.82, 2.24) is 14.8 Å². The summed E-state index contributed by atoms with van der Waals surface area (Å²) in [5.74, 6) is 0.657. The van der Waals surface area contributed by atoms with Crippen LogP contribution in [0.1, 0.15) is 21.5 Å². The third kappa shape index (κ3) is 6.26. The highest BCUT2D eigenvalue weighted by Crippen LogP contribution is 2.33. The van der Waals surface area contributed by atoms with Crippen LogP contribution in [0, 0.1) is 0 Å². The van der Waals surface area contributed by atoms with Crippen LogP contribution in [-0.4, -0.2) is 61.0 Å². The second kappa shape index (κ2) is 12.4. The van der Waals surface area contributed by atoms with Gasteiger partial charge in [0.2, 0.25) is 0 Å². The molecule has 1 amide bonds. The lowest BCUT2D eigenvalue weighted by atomic mass is 10.0. The van der Waals surface area contributed by atoms with Gasteiger partial charge in [-0.3, -0.25) is 9.69 Å². The lowest BCUT2D eigenvalue weighted by Gasteiger charge is -2.32. The van der Waals surface area contributed by atoms with Gasteiger partial charge in [-0.15, -0.1) is 11.3 Å². The van der Waals surface area contributed by atoms with Gasteiger partial charge in [0.05, 0.1) is 12.8 Å². The maximum absolute atomic E-state index is 13.5. The Hall–Kier alpha value is -2.79. The molecule has 1 aliphatic rings. The van der Waals surface area contributed by atoms with Crippen LogP contribution in [0.2, 0.25) is 0 Å². The molecule has 2 heterocycles. The highest BCUT2D eigenvalue weighted by molar-refractivity contribution is 14.1. The number of benzene rings is 3. The number of alkyl halides is 1. The first-order chi connectivity index (χ1) is 18.5. The van der Waals surface area contributed by atoms with Crippen LogP contribution in [0.15, 0.2) is 72.1 Å². The first-order valence-corrected chi connectivity index (χ1v) is 15.0. The fraction of sp³-hybridized carbons (Fsp3) is 0.267. The summed E-state index contributed by atoms with van der Waals surface area (Å²) in [6.45, 7) is 4.75. The minimum absolute atomic E-state index is 0.107. The van der Waals surface area contributed by atoms with E-state index in [0.29, 0.717) is 5.56 Å². The first-order valence-electron chi connectivity index (χ1n) is 12.6. The van der Waals surface area contributed by atoms with E-state index in [4.69, 9.17) is 9.72 Å². The van der Waals surface area contributed by atoms with Crippen molar-refractivity contribution in [2.75, 3.05) is 45.7 Å². The molecule has 0 saturated carbocycles. The van der Waals surface area contributed by atoms with E-state index < -0.39 is 0 Å². The summed E-state index contributed by atoms with van der Waals surface area (Å²) in [5, 5.41) is 6.25. The molecule has 1 fully saturated rings. The third-order valence-electron chi connectivity index (χ3n) is 6.85. The molecule has 0 atom stereocenters. The van der Waals surface area contributed by atoms with Crippen LogP contribution in [0.5, 0.6) is 5.75 Å². The largest absolute Gasteiger partial charge is 0.497 e. The molecule has 3 aromatic carbocycles. The maximum atomic E-state index is 13.5. The second-order valence-corrected chi connectivity index (χ2v) is 11.1. The van der Waals surface area contributed by atoms with E-state index in [0.717, 1.165) is 81.5 Å². The van der Waals surface area contributed by atoms with E-state index in [1.807, 2.05) is 42.5 Å². The molecule has 4 aromatic rings. The predicted molar refractivity (Wildman–Crippen MR) is 164 cm³/mol. The Kier molecular flexibility index (Phi) is 8.73. The molecular weight excluding hydrogens is 607 g/mol. The van der Waals surface area contributed by atoms with Crippen molar-refractivity contribution in [3.63, 3.8) is 0 Å². The summed E-state index contributed by atoms with van der Waals surface area (Å²) in [6.07, 6.45) is 0. The number of amides is 1. The molecule has 8 heteroatoms. The summed E-state index contributed by atoms with van der Waals surface area (Å²) in [6, 6.07) is 22.0. The Morgan fingerprint density at radius 3 is 2.55 bits per heavy atom. The highest BCUT2D eigenvalue weighted by atomic mass is 127. The topological polar surface area (TPSA) is 57.7 Å². The van der Waals surface area contributed by atoms with Crippen LogP contribution < -0.4 is 10.1 Å². The number of halogens is 1. The van der Waals surface area contributed by atoms with Crippen molar-refractivity contribution in [3.8, 4) is 27.6 Å². The Morgan fingerprint density at radius 2 is 1.82 bits per heavy atom. The number of nitrogens with zero attached hydrogens (tertiary/aromatic N) is 3. The van der Waals surface area contributed by atoms with Crippen molar-refractivity contribution in [2.24, 2.45) is 0 Å². The monoisotopic (exact) mass is 638 g/mol. The average Bonchev–Trinajstić information content (AvgIpc) is 3.45. The van der Waals surface area contributed by atoms with Crippen molar-refractivity contribution in [2.45, 2.75) is 11.0 Å². The number of rotatable bonds is 8. The molecule has 1 saturated heterocycles. The number of piperazine rings is 1. The molecular formula is C30H31IN4O2S. The van der Waals surface area contributed by atoms with E-state index in [2.05, 4.69) is 74.4 Å². The molecule has 0 aliphatic carbocycles. The van der Waals surface area contributed by atoms with Crippen molar-refractivity contribution >= 4 is 45.5 Å².